The number of rotatable bonds is 16. The molecule has 0 saturated carbocycles. The molecule has 0 bridgehead atoms. The van der Waals surface area contributed by atoms with Crippen LogP contribution in [0.2, 0.25) is 0 Å². The number of halogens is 2. The van der Waals surface area contributed by atoms with E-state index in [1.54, 1.807) is 51.6 Å². The Morgan fingerprint density at radius 2 is 0.811 bits per heavy atom. The van der Waals surface area contributed by atoms with Crippen molar-refractivity contribution >= 4 is 155 Å². The van der Waals surface area contributed by atoms with Crippen molar-refractivity contribution in [2.75, 3.05) is 0 Å². The summed E-state index contributed by atoms with van der Waals surface area (Å²) < 4.78 is 22.0. The van der Waals surface area contributed by atoms with E-state index in [1.807, 2.05) is 119 Å². The molecule has 0 unspecified atom stereocenters. The Morgan fingerprint density at radius 3 is 1.12 bits per heavy atom. The first kappa shape index (κ1) is 84.3. The predicted octanol–water partition coefficient (Wildman–Crippen LogP) is 15.9. The van der Waals surface area contributed by atoms with Gasteiger partial charge < -0.3 is 9.31 Å². The molecule has 9 heterocycles. The molecule has 0 aromatic carbocycles. The SMILES string of the molecule is C.C.C.C.CC(=O)c1cc(-c2cnc(C=C(C)[CH]=[W])[n-]2)c(Br)s1.CC(=O)c1cc(-c2cnc(C=C(C)[CH]=[W])[n-]2)c(C)s1.CC(=O)c1cc(B2OC(C)(C)C(C)(C)O2)c(C)s1.CC([CH]=[W])=Cc1ncc(-c2cc(C(=O)O)sc2C)[n-]1.CC([CH]=[W])=Cc1ncc(Br)[n-]1.[2HH]. The second kappa shape index (κ2) is 38.6. The van der Waals surface area contributed by atoms with Crippen LogP contribution in [0.15, 0.2) is 79.7 Å². The van der Waals surface area contributed by atoms with Gasteiger partial charge in [-0.05, 0) is 53.1 Å². The largest absolute Gasteiger partial charge is 0 e. The van der Waals surface area contributed by atoms with E-state index in [1.165, 1.54) is 134 Å². The molecule has 90 heavy (non-hydrogen) atoms. The van der Waals surface area contributed by atoms with Gasteiger partial charge in [-0.2, -0.15) is 0 Å². The van der Waals surface area contributed by atoms with Crippen LogP contribution in [-0.4, -0.2) is 84.3 Å². The van der Waals surface area contributed by atoms with Crippen LogP contribution in [-0.2, 0) is 86.7 Å². The van der Waals surface area contributed by atoms with E-state index in [0.29, 0.717) is 16.5 Å². The summed E-state index contributed by atoms with van der Waals surface area (Å²) >= 11 is 18.1. The van der Waals surface area contributed by atoms with Crippen LogP contribution in [0.1, 0.15) is 184 Å². The van der Waals surface area contributed by atoms with Gasteiger partial charge in [0.05, 0.1) is 16.1 Å². The molecule has 9 rings (SSSR count). The second-order valence-electron chi connectivity index (χ2n) is 20.1. The number of imidazole rings is 4. The fraction of sp³-hybridized carbons (Fsp3) is 0.312. The molecule has 484 valence electrons. The molecule has 0 radical (unpaired) electrons. The maximum absolute atomic E-state index is 11.4. The zero-order chi connectivity index (χ0) is 64.0. The molecule has 0 aliphatic carbocycles. The number of thiophene rings is 4. The maximum Gasteiger partial charge on any atom is 0 e. The van der Waals surface area contributed by atoms with Gasteiger partial charge in [-0.1, -0.05) is 29.7 Å². The third kappa shape index (κ3) is 24.2. The van der Waals surface area contributed by atoms with E-state index in [-0.39, 0.29) is 66.8 Å². The number of hydrogen-bond donors (Lipinski definition) is 1. The summed E-state index contributed by atoms with van der Waals surface area (Å²) in [5.74, 6) is 2.20. The molecule has 0 amide bonds. The summed E-state index contributed by atoms with van der Waals surface area (Å²) in [5, 5.41) is 8.99. The quantitative estimate of drug-likeness (QED) is 0.0703. The summed E-state index contributed by atoms with van der Waals surface area (Å²) in [6, 6.07) is 7.31. The van der Waals surface area contributed by atoms with E-state index in [4.69, 9.17) is 14.4 Å². The number of hydrogen-bond acceptors (Lipinski definition) is 14. The van der Waals surface area contributed by atoms with E-state index in [9.17, 15) is 19.2 Å². The van der Waals surface area contributed by atoms with Crippen molar-refractivity contribution in [3.8, 4) is 33.8 Å². The molecule has 0 atom stereocenters. The summed E-state index contributed by atoms with van der Waals surface area (Å²) in [7, 11) is -0.376. The number of ketones is 3. The van der Waals surface area contributed by atoms with Gasteiger partial charge in [0.15, 0.2) is 5.78 Å². The Labute approximate surface area is 609 Å². The number of aryl methyl sites for hydroxylation is 3. The molecule has 8 aromatic heterocycles. The molecule has 1 fully saturated rings. The van der Waals surface area contributed by atoms with Gasteiger partial charge in [-0.3, -0.25) is 4.79 Å². The summed E-state index contributed by atoms with van der Waals surface area (Å²) in [4.78, 5) is 85.2. The minimum Gasteiger partial charge on any atom is 0 e. The number of aromatic nitrogens is 8. The van der Waals surface area contributed by atoms with Crippen molar-refractivity contribution in [1.82, 2.24) is 39.9 Å². The zero-order valence-corrected chi connectivity index (χ0v) is 67.5. The first-order valence-electron chi connectivity index (χ1n) is 25.8. The van der Waals surface area contributed by atoms with Crippen molar-refractivity contribution in [3.63, 3.8) is 0 Å². The average molecular weight is 2110 g/mol. The normalized spacial score (nSPS) is 13.0. The van der Waals surface area contributed by atoms with E-state index < -0.39 is 5.97 Å². The molecule has 0 spiro atoms. The molecular weight excluding hydrogens is 2030 g/mol. The third-order valence-corrected chi connectivity index (χ3v) is 23.4. The van der Waals surface area contributed by atoms with Crippen LogP contribution >= 0.6 is 77.2 Å². The molecular formula is C64H77BBr2N8O7S4W4-4. The van der Waals surface area contributed by atoms with Crippen LogP contribution in [0, 0.1) is 20.8 Å². The number of carboxylic acids is 1. The standard InChI is InChI=1S/C14H13N2OS.C13H19BO3S.C13H10BrN2OS.C13H12N2O2S.C7H6BrN2.4CH4.4W.H2/c1-8(2)5-14-15-7-12(16-14)11-6-13(9(3)17)18-10(11)4;1-8(15)11-7-10(9(2)18-11)14-16-12(3,4)13(5,6)17-14;1-7(2)4-12-15-6-10(16-12)9-5-11(8(3)17)18-13(9)14;1-7(2)4-12-14-6-10(15-12)9-5-11(13(16)17)18-8(9)3;1-5(2)3-7-9-4-6(8)10-7;;;;;;;;;/h1,5-7H,2-4H3;7H,1-6H3;1,4-6H,2-3H3;1,4-6H,2-3H3,(H2,14,15,16,17);1,3-4H,2H3;4*1H4;;;;;1H/q-1;;-1;;-1;;;;;;;;;/p-1/i;;;;;;;;;;;;;1+1. The molecule has 1 N–H and O–H groups in total. The molecule has 8 aromatic rings. The van der Waals surface area contributed by atoms with E-state index in [2.05, 4.69) is 89.3 Å². The summed E-state index contributed by atoms with van der Waals surface area (Å²) in [6.07, 6.45) is 14.7. The van der Waals surface area contributed by atoms with Gasteiger partial charge in [0, 0.05) is 6.30 Å². The molecule has 15 nitrogen and oxygen atoms in total. The van der Waals surface area contributed by atoms with Gasteiger partial charge in [-0.25, -0.2) is 0 Å². The van der Waals surface area contributed by atoms with Crippen LogP contribution in [0.4, 0.5) is 0 Å². The fourth-order valence-electron chi connectivity index (χ4n) is 7.17. The molecule has 1 aliphatic heterocycles. The van der Waals surface area contributed by atoms with Crippen molar-refractivity contribution in [2.45, 2.75) is 138 Å². The minimum atomic E-state index is -0.904. The van der Waals surface area contributed by atoms with Gasteiger partial charge in [0.1, 0.15) is 0 Å². The van der Waals surface area contributed by atoms with Crippen molar-refractivity contribution in [2.24, 2.45) is 0 Å². The summed E-state index contributed by atoms with van der Waals surface area (Å²) in [6.45, 7) is 26.8. The monoisotopic (exact) mass is 2100 g/mol. The second-order valence-corrected chi connectivity index (χ2v) is 30.4. The first-order chi connectivity index (χ1) is 40.4. The van der Waals surface area contributed by atoms with Crippen molar-refractivity contribution in [1.29, 1.82) is 0 Å². The maximum atomic E-state index is 11.4. The Balaban J connectivity index is 0.00000111. The fourth-order valence-corrected chi connectivity index (χ4v) is 12.8. The van der Waals surface area contributed by atoms with Gasteiger partial charge in [0.2, 0.25) is 0 Å². The number of allylic oxidation sites excluding steroid dienone is 4. The van der Waals surface area contributed by atoms with Gasteiger partial charge >= 0.3 is 480 Å². The van der Waals surface area contributed by atoms with E-state index >= 15 is 0 Å². The number of nitrogens with zero attached hydrogens (tertiary/aromatic N) is 8. The Hall–Kier alpha value is -3.74. The van der Waals surface area contributed by atoms with Crippen molar-refractivity contribution < 1.29 is 112 Å². The number of Topliss-reactive ketones (excluding diaryl/α,β-unsaturated/α-hetero) is 3. The van der Waals surface area contributed by atoms with Crippen LogP contribution < -0.4 is 25.4 Å². The average Bonchev–Trinajstić information content (AvgIpc) is 1.67. The summed E-state index contributed by atoms with van der Waals surface area (Å²) in [5.41, 5.74) is 10.1. The van der Waals surface area contributed by atoms with Gasteiger partial charge in [-0.15, -0.1) is 11.3 Å². The first-order valence-corrected chi connectivity index (χ1v) is 37.4. The predicted molar refractivity (Wildman–Crippen MR) is 375 cm³/mol. The Morgan fingerprint density at radius 1 is 0.500 bits per heavy atom. The molecule has 1 aliphatic rings. The zero-order valence-electron chi connectivity index (χ0n) is 49.3. The minimum absolute atomic E-state index is 0. The molecule has 26 heteroatoms. The smallest absolute Gasteiger partial charge is 0 e. The Bertz CT molecular complexity index is 3660. The number of aromatic carboxylic acids is 1. The number of carbonyl (C=O) groups excluding carboxylic acids is 3. The van der Waals surface area contributed by atoms with Crippen LogP contribution in [0.25, 0.3) is 58.1 Å². The van der Waals surface area contributed by atoms with E-state index in [0.717, 1.165) is 99.7 Å². The third-order valence-electron chi connectivity index (χ3n) is 12.4. The van der Waals surface area contributed by atoms with Gasteiger partial charge in [0.25, 0.3) is 0 Å². The van der Waals surface area contributed by atoms with Crippen LogP contribution in [0.3, 0.4) is 0 Å². The van der Waals surface area contributed by atoms with Crippen LogP contribution in [0.5, 0.6) is 0 Å². The molecule has 1 saturated heterocycles. The number of carboxylic acid groups (broad SMARTS) is 1. The number of carbonyl (C=O) groups is 4. The Kier molecular flexibility index (Phi) is 36.1. The van der Waals surface area contributed by atoms with Crippen molar-refractivity contribution in [3.05, 3.63) is 137 Å². The topological polar surface area (TPSA) is 215 Å².